The molecule has 45 heavy (non-hydrogen) atoms. The summed E-state index contributed by atoms with van der Waals surface area (Å²) < 4.78 is 6.59. The van der Waals surface area contributed by atoms with Crippen LogP contribution in [-0.4, -0.2) is 48.9 Å². The van der Waals surface area contributed by atoms with Crippen LogP contribution in [0.1, 0.15) is 45.0 Å². The molecule has 0 aromatic heterocycles. The molecule has 226 valence electrons. The van der Waals surface area contributed by atoms with Crippen LogP contribution in [0.15, 0.2) is 95.5 Å². The first-order chi connectivity index (χ1) is 21.9. The van der Waals surface area contributed by atoms with Crippen molar-refractivity contribution in [2.24, 2.45) is 0 Å². The lowest BCUT2D eigenvalue weighted by Gasteiger charge is -2.27. The molecule has 9 heteroatoms. The Morgan fingerprint density at radius 3 is 2.22 bits per heavy atom. The van der Waals surface area contributed by atoms with Gasteiger partial charge in [-0.15, -0.1) is 0 Å². The zero-order valence-corrected chi connectivity index (χ0v) is 25.9. The van der Waals surface area contributed by atoms with Gasteiger partial charge in [0.05, 0.1) is 12.2 Å². The van der Waals surface area contributed by atoms with Gasteiger partial charge in [0.1, 0.15) is 18.7 Å². The summed E-state index contributed by atoms with van der Waals surface area (Å²) in [5.74, 6) is -1.13. The van der Waals surface area contributed by atoms with Gasteiger partial charge in [-0.25, -0.2) is 4.79 Å². The maximum absolute atomic E-state index is 14.0. The number of ketones is 1. The van der Waals surface area contributed by atoms with Gasteiger partial charge in [-0.1, -0.05) is 94.8 Å². The lowest BCUT2D eigenvalue weighted by atomic mass is 9.98. The fraction of sp³-hybridized carbons (Fsp3) is 0.222. The molecule has 0 fully saturated rings. The van der Waals surface area contributed by atoms with Crippen LogP contribution in [0.5, 0.6) is 0 Å². The maximum Gasteiger partial charge on any atom is 0.407 e. The van der Waals surface area contributed by atoms with Crippen LogP contribution in [0.2, 0.25) is 0 Å². The van der Waals surface area contributed by atoms with E-state index in [0.29, 0.717) is 24.8 Å². The molecule has 2 N–H and O–H groups in total. The first-order valence-electron chi connectivity index (χ1n) is 15.0. The van der Waals surface area contributed by atoms with E-state index in [1.54, 1.807) is 24.3 Å². The number of nitrogens with one attached hydrogen (secondary N) is 2. The highest BCUT2D eigenvalue weighted by Gasteiger charge is 2.44. The number of fused-ring (bicyclic) bond motifs is 3. The third kappa shape index (κ3) is 5.42. The van der Waals surface area contributed by atoms with Crippen molar-refractivity contribution in [1.29, 1.82) is 0 Å². The van der Waals surface area contributed by atoms with E-state index in [1.165, 1.54) is 4.90 Å². The predicted octanol–water partition coefficient (Wildman–Crippen LogP) is 5.56. The average molecular weight is 665 g/mol. The van der Waals surface area contributed by atoms with Crippen LogP contribution in [0, 0.1) is 0 Å². The standard InChI is InChI=1S/C36H30BrN3O5/c37-24-15-12-21(13-16-24)32(41)19-38-34(42)31-18-23-7-5-6-22-14-17-30(35(43)40(31)33(22)23)39-36(44)45-20-29-27-10-3-1-8-25(27)26-9-2-4-11-28(26)29/h1-13,15-16,29-31H,14,17-20H2,(H,38,42)(H,39,44)/t30-,31-/m0/s1. The minimum absolute atomic E-state index is 0.105. The molecule has 2 heterocycles. The summed E-state index contributed by atoms with van der Waals surface area (Å²) in [7, 11) is 0. The zero-order valence-electron chi connectivity index (χ0n) is 24.3. The van der Waals surface area contributed by atoms with Gasteiger partial charge in [0.25, 0.3) is 0 Å². The summed E-state index contributed by atoms with van der Waals surface area (Å²) in [6.07, 6.45) is 0.564. The largest absolute Gasteiger partial charge is 0.449 e. The van der Waals surface area contributed by atoms with E-state index in [2.05, 4.69) is 50.8 Å². The molecule has 1 aliphatic carbocycles. The number of carbonyl (C=O) groups is 4. The Kier molecular flexibility index (Phi) is 7.71. The number of hydrogen-bond acceptors (Lipinski definition) is 5. The van der Waals surface area contributed by atoms with Crippen molar-refractivity contribution in [3.8, 4) is 11.1 Å². The summed E-state index contributed by atoms with van der Waals surface area (Å²) >= 11 is 3.36. The maximum atomic E-state index is 14.0. The molecule has 0 spiro atoms. The number of hydrogen-bond donors (Lipinski definition) is 2. The lowest BCUT2D eigenvalue weighted by Crippen LogP contribution is -2.55. The molecule has 3 amide bonds. The van der Waals surface area contributed by atoms with Gasteiger partial charge in [0, 0.05) is 22.4 Å². The monoisotopic (exact) mass is 663 g/mol. The highest BCUT2D eigenvalue weighted by molar-refractivity contribution is 9.10. The van der Waals surface area contributed by atoms with Crippen molar-refractivity contribution in [2.75, 3.05) is 18.1 Å². The van der Waals surface area contributed by atoms with Gasteiger partial charge in [-0.2, -0.15) is 0 Å². The second kappa shape index (κ2) is 12.0. The van der Waals surface area contributed by atoms with E-state index in [4.69, 9.17) is 4.74 Å². The molecule has 0 radical (unpaired) electrons. The van der Waals surface area contributed by atoms with Crippen LogP contribution >= 0.6 is 15.9 Å². The zero-order chi connectivity index (χ0) is 31.1. The minimum Gasteiger partial charge on any atom is -0.449 e. The van der Waals surface area contributed by atoms with E-state index in [0.717, 1.165) is 43.5 Å². The molecular formula is C36H30BrN3O5. The Hall–Kier alpha value is -4.76. The Morgan fingerprint density at radius 2 is 1.51 bits per heavy atom. The number of alkyl carbamates (subject to hydrolysis) is 1. The van der Waals surface area contributed by atoms with Crippen LogP contribution in [0.25, 0.3) is 11.1 Å². The summed E-state index contributed by atoms with van der Waals surface area (Å²) in [4.78, 5) is 54.9. The van der Waals surface area contributed by atoms with Gasteiger partial charge in [0.15, 0.2) is 5.78 Å². The van der Waals surface area contributed by atoms with Gasteiger partial charge < -0.3 is 15.4 Å². The summed E-state index contributed by atoms with van der Waals surface area (Å²) in [5, 5.41) is 5.54. The fourth-order valence-corrected chi connectivity index (χ4v) is 7.04. The average Bonchev–Trinajstić information content (AvgIpc) is 3.57. The molecule has 2 aliphatic heterocycles. The number of aryl methyl sites for hydroxylation is 1. The normalized spacial score (nSPS) is 18.0. The molecule has 0 saturated heterocycles. The number of carbonyl (C=O) groups excluding carboxylic acids is 4. The van der Waals surface area contributed by atoms with Crippen LogP contribution in [0.3, 0.4) is 0 Å². The number of anilines is 1. The fourth-order valence-electron chi connectivity index (χ4n) is 6.78. The number of ether oxygens (including phenoxy) is 1. The number of Topliss-reactive ketones (excluding diaryl/α,β-unsaturated/α-hetero) is 1. The molecule has 2 atom stereocenters. The number of rotatable bonds is 7. The Labute approximate surface area is 268 Å². The van der Waals surface area contributed by atoms with Crippen molar-refractivity contribution in [2.45, 2.75) is 37.3 Å². The Bertz CT molecular complexity index is 1790. The molecular weight excluding hydrogens is 634 g/mol. The molecule has 4 aromatic rings. The number of para-hydroxylation sites is 1. The van der Waals surface area contributed by atoms with Gasteiger partial charge >= 0.3 is 6.09 Å². The van der Waals surface area contributed by atoms with Gasteiger partial charge in [-0.05, 0) is 58.4 Å². The van der Waals surface area contributed by atoms with Gasteiger partial charge in [-0.3, -0.25) is 19.3 Å². The van der Waals surface area contributed by atoms with Crippen molar-refractivity contribution in [3.63, 3.8) is 0 Å². The number of amides is 3. The lowest BCUT2D eigenvalue weighted by molar-refractivity contribution is -0.126. The van der Waals surface area contributed by atoms with E-state index >= 15 is 0 Å². The quantitative estimate of drug-likeness (QED) is 0.252. The molecule has 4 aromatic carbocycles. The second-order valence-electron chi connectivity index (χ2n) is 11.6. The molecule has 8 nitrogen and oxygen atoms in total. The molecule has 0 unspecified atom stereocenters. The van der Waals surface area contributed by atoms with E-state index in [-0.39, 0.29) is 30.8 Å². The molecule has 7 rings (SSSR count). The van der Waals surface area contributed by atoms with Crippen molar-refractivity contribution in [1.82, 2.24) is 10.6 Å². The molecule has 3 aliphatic rings. The topological polar surface area (TPSA) is 105 Å². The van der Waals surface area contributed by atoms with Crippen LogP contribution in [0.4, 0.5) is 10.5 Å². The second-order valence-corrected chi connectivity index (χ2v) is 12.5. The van der Waals surface area contributed by atoms with Crippen LogP contribution in [-0.2, 0) is 27.2 Å². The first-order valence-corrected chi connectivity index (χ1v) is 15.8. The number of nitrogens with zero attached hydrogens (tertiary/aromatic N) is 1. The minimum atomic E-state index is -0.876. The summed E-state index contributed by atoms with van der Waals surface area (Å²) in [6.45, 7) is -0.0596. The Balaban J connectivity index is 1.04. The summed E-state index contributed by atoms with van der Waals surface area (Å²) in [6, 6.07) is 27.2. The van der Waals surface area contributed by atoms with Crippen molar-refractivity contribution in [3.05, 3.63) is 123 Å². The smallest absolute Gasteiger partial charge is 0.407 e. The highest BCUT2D eigenvalue weighted by Crippen LogP contribution is 2.44. The number of benzene rings is 4. The van der Waals surface area contributed by atoms with Crippen molar-refractivity contribution >= 4 is 45.3 Å². The first kappa shape index (κ1) is 29.0. The summed E-state index contributed by atoms with van der Waals surface area (Å²) in [5.41, 5.74) is 7.50. The third-order valence-corrected chi connectivity index (χ3v) is 9.46. The SMILES string of the molecule is O=C(N[C@H]1CCc2cccc3c2N(C1=O)[C@H](C(=O)NCC(=O)c1ccc(Br)cc1)C3)OCC1c2ccccc2-c2ccccc21. The van der Waals surface area contributed by atoms with Crippen molar-refractivity contribution < 1.29 is 23.9 Å². The Morgan fingerprint density at radius 1 is 0.844 bits per heavy atom. The van der Waals surface area contributed by atoms with Crippen LogP contribution < -0.4 is 15.5 Å². The van der Waals surface area contributed by atoms with E-state index < -0.39 is 24.1 Å². The van der Waals surface area contributed by atoms with E-state index in [9.17, 15) is 19.2 Å². The van der Waals surface area contributed by atoms with E-state index in [1.807, 2.05) is 42.5 Å². The highest BCUT2D eigenvalue weighted by atomic mass is 79.9. The predicted molar refractivity (Wildman–Crippen MR) is 173 cm³/mol. The number of halogens is 1. The third-order valence-electron chi connectivity index (χ3n) is 8.93. The van der Waals surface area contributed by atoms with Gasteiger partial charge in [0.2, 0.25) is 11.8 Å². The molecule has 0 bridgehead atoms. The molecule has 0 saturated carbocycles.